The summed E-state index contributed by atoms with van der Waals surface area (Å²) in [4.78, 5) is 36.0. The second kappa shape index (κ2) is 4.55. The number of rotatable bonds is 3. The predicted molar refractivity (Wildman–Crippen MR) is 55.3 cm³/mol. The zero-order valence-electron chi connectivity index (χ0n) is 9.45. The minimum Gasteiger partial charge on any atom is -0.339 e. The van der Waals surface area contributed by atoms with Gasteiger partial charge in [0.2, 0.25) is 5.91 Å². The zero-order valence-corrected chi connectivity index (χ0v) is 9.45. The monoisotopic (exact) mass is 211 g/mol. The number of carbonyl (C=O) groups is 3. The van der Waals surface area contributed by atoms with E-state index in [2.05, 4.69) is 0 Å². The predicted octanol–water partition coefficient (Wildman–Crippen LogP) is 0.791. The quantitative estimate of drug-likeness (QED) is 0.648. The van der Waals surface area contributed by atoms with Crippen LogP contribution in [-0.4, -0.2) is 35.0 Å². The van der Waals surface area contributed by atoms with Crippen molar-refractivity contribution in [1.29, 1.82) is 0 Å². The van der Waals surface area contributed by atoms with E-state index in [0.29, 0.717) is 13.0 Å². The molecule has 1 heterocycles. The number of Topliss-reactive ketones (excluding diaryl/α,β-unsaturated/α-hetero) is 2. The summed E-state index contributed by atoms with van der Waals surface area (Å²) in [7, 11) is 0. The highest BCUT2D eigenvalue weighted by Crippen LogP contribution is 2.20. The molecule has 84 valence electrons. The Balaban J connectivity index is 2.78. The third-order valence-electron chi connectivity index (χ3n) is 2.68. The Labute approximate surface area is 89.6 Å². The molecule has 1 aliphatic heterocycles. The molecule has 4 nitrogen and oxygen atoms in total. The van der Waals surface area contributed by atoms with Crippen molar-refractivity contribution in [3.63, 3.8) is 0 Å². The van der Waals surface area contributed by atoms with Gasteiger partial charge in [-0.3, -0.25) is 14.4 Å². The van der Waals surface area contributed by atoms with Crippen molar-refractivity contribution in [1.82, 2.24) is 4.90 Å². The SMILES string of the molecule is CC(=O)C[C@H]1C(=O)CCN(C(C)C)C1=O. The van der Waals surface area contributed by atoms with Crippen LogP contribution in [0.2, 0.25) is 0 Å². The van der Waals surface area contributed by atoms with Gasteiger partial charge in [-0.05, 0) is 20.8 Å². The van der Waals surface area contributed by atoms with Gasteiger partial charge >= 0.3 is 0 Å². The first-order chi connectivity index (χ1) is 6.93. The van der Waals surface area contributed by atoms with Gasteiger partial charge in [0.05, 0.1) is 0 Å². The number of likely N-dealkylation sites (tertiary alicyclic amines) is 1. The molecule has 4 heteroatoms. The van der Waals surface area contributed by atoms with Gasteiger partial charge in [0.15, 0.2) is 0 Å². The molecular formula is C11H17NO3. The molecule has 0 radical (unpaired) electrons. The van der Waals surface area contributed by atoms with Crippen LogP contribution in [0.3, 0.4) is 0 Å². The minimum atomic E-state index is -0.723. The van der Waals surface area contributed by atoms with Gasteiger partial charge in [0.1, 0.15) is 17.5 Å². The summed E-state index contributed by atoms with van der Waals surface area (Å²) in [6, 6.07) is 0.0973. The Hall–Kier alpha value is -1.19. The summed E-state index contributed by atoms with van der Waals surface area (Å²) in [6.45, 7) is 5.73. The number of hydrogen-bond donors (Lipinski definition) is 0. The highest BCUT2D eigenvalue weighted by molar-refractivity contribution is 6.06. The summed E-state index contributed by atoms with van der Waals surface area (Å²) in [6.07, 6.45) is 0.433. The Bertz CT molecular complexity index is 296. The zero-order chi connectivity index (χ0) is 11.6. The number of ketones is 2. The Morgan fingerprint density at radius 3 is 2.53 bits per heavy atom. The van der Waals surface area contributed by atoms with Crippen LogP contribution in [0.25, 0.3) is 0 Å². The fourth-order valence-electron chi connectivity index (χ4n) is 1.85. The molecule has 1 aliphatic rings. The molecule has 0 aromatic carbocycles. The lowest BCUT2D eigenvalue weighted by molar-refractivity contribution is -0.149. The third kappa shape index (κ3) is 2.64. The maximum Gasteiger partial charge on any atom is 0.233 e. The smallest absolute Gasteiger partial charge is 0.233 e. The van der Waals surface area contributed by atoms with Crippen LogP contribution in [0.1, 0.15) is 33.6 Å². The molecule has 0 unspecified atom stereocenters. The topological polar surface area (TPSA) is 54.5 Å². The van der Waals surface area contributed by atoms with Crippen LogP contribution < -0.4 is 0 Å². The van der Waals surface area contributed by atoms with E-state index in [4.69, 9.17) is 0 Å². The molecule has 0 aliphatic carbocycles. The molecule has 0 saturated carbocycles. The molecule has 1 atom stereocenters. The molecule has 1 amide bonds. The highest BCUT2D eigenvalue weighted by Gasteiger charge is 2.36. The van der Waals surface area contributed by atoms with E-state index in [1.54, 1.807) is 4.90 Å². The summed E-state index contributed by atoms with van der Waals surface area (Å²) in [5.74, 6) is -1.10. The number of hydrogen-bond acceptors (Lipinski definition) is 3. The fourth-order valence-corrected chi connectivity index (χ4v) is 1.85. The van der Waals surface area contributed by atoms with Crippen molar-refractivity contribution >= 4 is 17.5 Å². The van der Waals surface area contributed by atoms with Crippen molar-refractivity contribution < 1.29 is 14.4 Å². The standard InChI is InChI=1S/C11H17NO3/c1-7(2)12-5-4-10(14)9(11(12)15)6-8(3)13/h7,9H,4-6H2,1-3H3/t9-/m0/s1. The van der Waals surface area contributed by atoms with Crippen LogP contribution in [0.4, 0.5) is 0 Å². The Morgan fingerprint density at radius 2 is 2.07 bits per heavy atom. The molecule has 0 bridgehead atoms. The maximum atomic E-state index is 11.9. The van der Waals surface area contributed by atoms with Crippen LogP contribution >= 0.6 is 0 Å². The average Bonchev–Trinajstić information content (AvgIpc) is 2.11. The molecule has 0 N–H and O–H groups in total. The average molecular weight is 211 g/mol. The molecule has 1 rings (SSSR count). The first kappa shape index (κ1) is 11.9. The van der Waals surface area contributed by atoms with Crippen LogP contribution in [-0.2, 0) is 14.4 Å². The van der Waals surface area contributed by atoms with E-state index >= 15 is 0 Å². The lowest BCUT2D eigenvalue weighted by Gasteiger charge is -2.34. The van der Waals surface area contributed by atoms with E-state index in [-0.39, 0.29) is 29.9 Å². The normalized spacial score (nSPS) is 22.4. The number of piperidine rings is 1. The van der Waals surface area contributed by atoms with Crippen LogP contribution in [0.15, 0.2) is 0 Å². The lowest BCUT2D eigenvalue weighted by atomic mass is 9.90. The summed E-state index contributed by atoms with van der Waals surface area (Å²) >= 11 is 0. The van der Waals surface area contributed by atoms with Gasteiger partial charge in [0.25, 0.3) is 0 Å². The molecule has 1 fully saturated rings. The van der Waals surface area contributed by atoms with Crippen LogP contribution in [0.5, 0.6) is 0 Å². The number of carbonyl (C=O) groups excluding carboxylic acids is 3. The second-order valence-electron chi connectivity index (χ2n) is 4.30. The largest absolute Gasteiger partial charge is 0.339 e. The van der Waals surface area contributed by atoms with Gasteiger partial charge in [-0.1, -0.05) is 0 Å². The highest BCUT2D eigenvalue weighted by atomic mass is 16.2. The van der Waals surface area contributed by atoms with Gasteiger partial charge in [0, 0.05) is 25.4 Å². The van der Waals surface area contributed by atoms with Gasteiger partial charge in [-0.25, -0.2) is 0 Å². The summed E-state index contributed by atoms with van der Waals surface area (Å²) < 4.78 is 0. The Morgan fingerprint density at radius 1 is 1.47 bits per heavy atom. The lowest BCUT2D eigenvalue weighted by Crippen LogP contribution is -2.49. The van der Waals surface area contributed by atoms with Crippen molar-refractivity contribution in [2.75, 3.05) is 6.54 Å². The minimum absolute atomic E-state index is 0.0564. The van der Waals surface area contributed by atoms with E-state index < -0.39 is 5.92 Å². The third-order valence-corrected chi connectivity index (χ3v) is 2.68. The molecule has 15 heavy (non-hydrogen) atoms. The molecule has 0 spiro atoms. The first-order valence-electron chi connectivity index (χ1n) is 5.26. The van der Waals surface area contributed by atoms with Gasteiger partial charge < -0.3 is 4.90 Å². The summed E-state index contributed by atoms with van der Waals surface area (Å²) in [5.41, 5.74) is 0. The van der Waals surface area contributed by atoms with Crippen molar-refractivity contribution in [2.24, 2.45) is 5.92 Å². The van der Waals surface area contributed by atoms with Crippen molar-refractivity contribution in [3.8, 4) is 0 Å². The number of amides is 1. The van der Waals surface area contributed by atoms with E-state index in [1.165, 1.54) is 6.92 Å². The molecular weight excluding hydrogens is 194 g/mol. The molecule has 0 aromatic rings. The number of nitrogens with zero attached hydrogens (tertiary/aromatic N) is 1. The Kier molecular flexibility index (Phi) is 3.61. The summed E-state index contributed by atoms with van der Waals surface area (Å²) in [5, 5.41) is 0. The van der Waals surface area contributed by atoms with Gasteiger partial charge in [-0.2, -0.15) is 0 Å². The van der Waals surface area contributed by atoms with E-state index in [1.807, 2.05) is 13.8 Å². The van der Waals surface area contributed by atoms with Gasteiger partial charge in [-0.15, -0.1) is 0 Å². The second-order valence-corrected chi connectivity index (χ2v) is 4.30. The molecule has 0 aromatic heterocycles. The fraction of sp³-hybridized carbons (Fsp3) is 0.727. The van der Waals surface area contributed by atoms with Crippen molar-refractivity contribution in [2.45, 2.75) is 39.7 Å². The van der Waals surface area contributed by atoms with Crippen molar-refractivity contribution in [3.05, 3.63) is 0 Å². The molecule has 1 saturated heterocycles. The van der Waals surface area contributed by atoms with E-state index in [9.17, 15) is 14.4 Å². The first-order valence-corrected chi connectivity index (χ1v) is 5.26. The van der Waals surface area contributed by atoms with Crippen LogP contribution in [0, 0.1) is 5.92 Å². The van der Waals surface area contributed by atoms with E-state index in [0.717, 1.165) is 0 Å². The maximum absolute atomic E-state index is 11.9.